The van der Waals surface area contributed by atoms with Crippen LogP contribution in [-0.4, -0.2) is 21.8 Å². The highest BCUT2D eigenvalue weighted by Gasteiger charge is 2.07. The lowest BCUT2D eigenvalue weighted by Crippen LogP contribution is -2.11. The summed E-state index contributed by atoms with van der Waals surface area (Å²) in [5.74, 6) is 1.41. The Hall–Kier alpha value is -1.62. The Balaban J connectivity index is 2.06. The van der Waals surface area contributed by atoms with Gasteiger partial charge in [0.25, 0.3) is 0 Å². The molecule has 0 saturated carbocycles. The second-order valence-electron chi connectivity index (χ2n) is 4.09. The van der Waals surface area contributed by atoms with Gasteiger partial charge in [-0.1, -0.05) is 12.1 Å². The quantitative estimate of drug-likeness (QED) is 0.856. The molecule has 2 aromatic rings. The summed E-state index contributed by atoms with van der Waals surface area (Å²) >= 11 is 0. The van der Waals surface area contributed by atoms with E-state index in [9.17, 15) is 0 Å². The first-order valence-electron chi connectivity index (χ1n) is 5.87. The highest BCUT2D eigenvalue weighted by molar-refractivity contribution is 5.15. The van der Waals surface area contributed by atoms with Crippen LogP contribution in [0.3, 0.4) is 0 Å². The molecule has 1 atom stereocenters. The smallest absolute Gasteiger partial charge is 0.226 e. The standard InChI is InChI=1S/C12H18N4O/c1-4-12-14-11(15-17-12)8-16-6-5-10(7-16)9(2)13-3/h5-7,9,13H,4,8H2,1-3H3. The molecule has 0 aliphatic carbocycles. The lowest BCUT2D eigenvalue weighted by atomic mass is 10.2. The molecular formula is C12H18N4O. The van der Waals surface area contributed by atoms with Gasteiger partial charge in [-0.15, -0.1) is 0 Å². The lowest BCUT2D eigenvalue weighted by Gasteiger charge is -2.06. The minimum atomic E-state index is 0.354. The minimum absolute atomic E-state index is 0.354. The zero-order valence-electron chi connectivity index (χ0n) is 10.5. The molecule has 0 bridgehead atoms. The van der Waals surface area contributed by atoms with Gasteiger partial charge >= 0.3 is 0 Å². The summed E-state index contributed by atoms with van der Waals surface area (Å²) in [5.41, 5.74) is 1.26. The van der Waals surface area contributed by atoms with E-state index in [1.807, 2.05) is 20.2 Å². The monoisotopic (exact) mass is 234 g/mol. The van der Waals surface area contributed by atoms with Crippen molar-refractivity contribution in [3.8, 4) is 0 Å². The zero-order valence-corrected chi connectivity index (χ0v) is 10.5. The molecule has 1 N–H and O–H groups in total. The molecule has 0 radical (unpaired) electrons. The third kappa shape index (κ3) is 2.74. The van der Waals surface area contributed by atoms with Crippen LogP contribution in [0.25, 0.3) is 0 Å². The minimum Gasteiger partial charge on any atom is -0.346 e. The van der Waals surface area contributed by atoms with Gasteiger partial charge in [0, 0.05) is 24.9 Å². The van der Waals surface area contributed by atoms with E-state index in [1.54, 1.807) is 0 Å². The average molecular weight is 234 g/mol. The van der Waals surface area contributed by atoms with Gasteiger partial charge in [-0.05, 0) is 25.6 Å². The van der Waals surface area contributed by atoms with E-state index >= 15 is 0 Å². The van der Waals surface area contributed by atoms with E-state index in [0.29, 0.717) is 18.5 Å². The molecule has 0 spiro atoms. The number of hydrogen-bond donors (Lipinski definition) is 1. The molecule has 0 saturated heterocycles. The largest absolute Gasteiger partial charge is 0.346 e. The van der Waals surface area contributed by atoms with Crippen LogP contribution in [0.5, 0.6) is 0 Å². The van der Waals surface area contributed by atoms with Gasteiger partial charge in [-0.3, -0.25) is 0 Å². The van der Waals surface area contributed by atoms with Crippen LogP contribution in [0.15, 0.2) is 23.0 Å². The van der Waals surface area contributed by atoms with Crippen molar-refractivity contribution >= 4 is 0 Å². The SMILES string of the molecule is CCc1nc(Cn2ccc(C(C)NC)c2)no1. The Kier molecular flexibility index (Phi) is 3.58. The fraction of sp³-hybridized carbons (Fsp3) is 0.500. The van der Waals surface area contributed by atoms with Crippen molar-refractivity contribution in [2.75, 3.05) is 7.05 Å². The van der Waals surface area contributed by atoms with E-state index in [1.165, 1.54) is 5.56 Å². The molecule has 17 heavy (non-hydrogen) atoms. The first-order valence-corrected chi connectivity index (χ1v) is 5.87. The molecule has 0 amide bonds. The van der Waals surface area contributed by atoms with Gasteiger partial charge in [0.2, 0.25) is 5.89 Å². The number of nitrogens with zero attached hydrogens (tertiary/aromatic N) is 3. The predicted molar refractivity (Wildman–Crippen MR) is 64.7 cm³/mol. The third-order valence-corrected chi connectivity index (χ3v) is 2.84. The summed E-state index contributed by atoms with van der Waals surface area (Å²) in [5, 5.41) is 7.14. The van der Waals surface area contributed by atoms with Crippen molar-refractivity contribution in [3.05, 3.63) is 35.7 Å². The molecule has 2 aromatic heterocycles. The van der Waals surface area contributed by atoms with Gasteiger partial charge in [0.05, 0.1) is 6.54 Å². The van der Waals surface area contributed by atoms with E-state index in [4.69, 9.17) is 4.52 Å². The maximum atomic E-state index is 5.07. The summed E-state index contributed by atoms with van der Waals surface area (Å²) in [6, 6.07) is 2.45. The molecule has 5 nitrogen and oxygen atoms in total. The van der Waals surface area contributed by atoms with Gasteiger partial charge in [-0.2, -0.15) is 4.98 Å². The maximum Gasteiger partial charge on any atom is 0.226 e. The maximum absolute atomic E-state index is 5.07. The van der Waals surface area contributed by atoms with Crippen molar-refractivity contribution < 1.29 is 4.52 Å². The summed E-state index contributed by atoms with van der Waals surface area (Å²) < 4.78 is 7.14. The van der Waals surface area contributed by atoms with Crippen LogP contribution in [0.2, 0.25) is 0 Å². The highest BCUT2D eigenvalue weighted by atomic mass is 16.5. The topological polar surface area (TPSA) is 55.9 Å². The molecule has 0 aliphatic rings. The fourth-order valence-corrected chi connectivity index (χ4v) is 1.64. The van der Waals surface area contributed by atoms with Crippen molar-refractivity contribution in [1.29, 1.82) is 0 Å². The Morgan fingerprint density at radius 2 is 2.35 bits per heavy atom. The molecule has 92 valence electrons. The van der Waals surface area contributed by atoms with Crippen LogP contribution in [0.1, 0.15) is 37.2 Å². The lowest BCUT2D eigenvalue weighted by molar-refractivity contribution is 0.375. The Morgan fingerprint density at radius 3 is 3.00 bits per heavy atom. The van der Waals surface area contributed by atoms with Gasteiger partial charge in [0.1, 0.15) is 0 Å². The summed E-state index contributed by atoms with van der Waals surface area (Å²) in [7, 11) is 1.95. The third-order valence-electron chi connectivity index (χ3n) is 2.84. The van der Waals surface area contributed by atoms with Gasteiger partial charge < -0.3 is 14.4 Å². The highest BCUT2D eigenvalue weighted by Crippen LogP contribution is 2.12. The second-order valence-corrected chi connectivity index (χ2v) is 4.09. The van der Waals surface area contributed by atoms with Crippen LogP contribution in [0.4, 0.5) is 0 Å². The first-order chi connectivity index (χ1) is 8.22. The van der Waals surface area contributed by atoms with Gasteiger partial charge in [-0.25, -0.2) is 0 Å². The van der Waals surface area contributed by atoms with Crippen molar-refractivity contribution in [1.82, 2.24) is 20.0 Å². The van der Waals surface area contributed by atoms with Crippen LogP contribution in [0, 0.1) is 0 Å². The van der Waals surface area contributed by atoms with E-state index < -0.39 is 0 Å². The molecule has 5 heteroatoms. The average Bonchev–Trinajstić information content (AvgIpc) is 2.97. The Morgan fingerprint density at radius 1 is 1.53 bits per heavy atom. The zero-order chi connectivity index (χ0) is 12.3. The summed E-state index contributed by atoms with van der Waals surface area (Å²) in [6.07, 6.45) is 4.91. The Bertz CT molecular complexity index is 474. The van der Waals surface area contributed by atoms with E-state index in [0.717, 1.165) is 12.2 Å². The van der Waals surface area contributed by atoms with Crippen molar-refractivity contribution in [3.63, 3.8) is 0 Å². The van der Waals surface area contributed by atoms with Crippen LogP contribution in [-0.2, 0) is 13.0 Å². The number of hydrogen-bond acceptors (Lipinski definition) is 4. The molecule has 2 rings (SSSR count). The number of rotatable bonds is 5. The Labute approximate surface area is 101 Å². The van der Waals surface area contributed by atoms with Crippen molar-refractivity contribution in [2.45, 2.75) is 32.9 Å². The normalized spacial score (nSPS) is 12.9. The molecule has 0 fully saturated rings. The van der Waals surface area contributed by atoms with Crippen molar-refractivity contribution in [2.24, 2.45) is 0 Å². The summed E-state index contributed by atoms with van der Waals surface area (Å²) in [6.45, 7) is 4.78. The predicted octanol–water partition coefficient (Wildman–Crippen LogP) is 1.76. The number of aromatic nitrogens is 3. The first kappa shape index (κ1) is 11.9. The molecule has 1 unspecified atom stereocenters. The summed E-state index contributed by atoms with van der Waals surface area (Å²) in [4.78, 5) is 4.28. The molecule has 0 aliphatic heterocycles. The number of aryl methyl sites for hydroxylation is 1. The van der Waals surface area contributed by atoms with Crippen LogP contribution < -0.4 is 5.32 Å². The fourth-order valence-electron chi connectivity index (χ4n) is 1.64. The molecular weight excluding hydrogens is 216 g/mol. The second kappa shape index (κ2) is 5.14. The van der Waals surface area contributed by atoms with Gasteiger partial charge in [0.15, 0.2) is 5.82 Å². The van der Waals surface area contributed by atoms with E-state index in [-0.39, 0.29) is 0 Å². The van der Waals surface area contributed by atoms with E-state index in [2.05, 4.69) is 39.2 Å². The van der Waals surface area contributed by atoms with Crippen LogP contribution >= 0.6 is 0 Å². The molecule has 0 aromatic carbocycles. The molecule has 2 heterocycles. The number of nitrogens with one attached hydrogen (secondary N) is 1.